The van der Waals surface area contributed by atoms with Crippen molar-refractivity contribution in [1.29, 1.82) is 0 Å². The van der Waals surface area contributed by atoms with Gasteiger partial charge in [-0.05, 0) is 34.4 Å². The molecule has 2 aliphatic rings. The molecule has 0 fully saturated rings. The van der Waals surface area contributed by atoms with Crippen molar-refractivity contribution in [3.63, 3.8) is 0 Å². The first-order valence-corrected chi connectivity index (χ1v) is 10.7. The summed E-state index contributed by atoms with van der Waals surface area (Å²) in [6, 6.07) is 19.9. The van der Waals surface area contributed by atoms with E-state index in [9.17, 15) is 9.90 Å². The fourth-order valence-electron chi connectivity index (χ4n) is 4.77. The zero-order chi connectivity index (χ0) is 22.2. The number of benzene rings is 3. The van der Waals surface area contributed by atoms with Crippen LogP contribution in [0.5, 0.6) is 11.5 Å². The monoisotopic (exact) mass is 430 g/mol. The first-order valence-electron chi connectivity index (χ1n) is 10.7. The van der Waals surface area contributed by atoms with Crippen LogP contribution < -0.4 is 9.47 Å². The van der Waals surface area contributed by atoms with Gasteiger partial charge in [0, 0.05) is 37.3 Å². The van der Waals surface area contributed by atoms with E-state index in [1.807, 2.05) is 58.3 Å². The molecule has 1 amide bonds. The van der Waals surface area contributed by atoms with E-state index in [0.717, 1.165) is 33.4 Å². The normalized spacial score (nSPS) is 17.4. The van der Waals surface area contributed by atoms with Gasteiger partial charge in [-0.2, -0.15) is 0 Å². The Morgan fingerprint density at radius 1 is 0.906 bits per heavy atom. The van der Waals surface area contributed by atoms with Crippen molar-refractivity contribution < 1.29 is 19.4 Å². The molecule has 2 aliphatic heterocycles. The minimum Gasteiger partial charge on any atom is -0.493 e. The number of rotatable bonds is 6. The molecule has 164 valence electrons. The number of methoxy groups -OCH3 is 2. The summed E-state index contributed by atoms with van der Waals surface area (Å²) in [6.07, 6.45) is -0.770. The molecule has 0 spiro atoms. The Bertz CT molecular complexity index is 1180. The van der Waals surface area contributed by atoms with Crippen LogP contribution in [0.1, 0.15) is 44.4 Å². The highest BCUT2D eigenvalue weighted by molar-refractivity contribution is 5.98. The summed E-state index contributed by atoms with van der Waals surface area (Å²) in [5.74, 6) is 1.28. The van der Waals surface area contributed by atoms with Crippen molar-refractivity contribution in [3.8, 4) is 11.5 Å². The maximum absolute atomic E-state index is 12.7. The van der Waals surface area contributed by atoms with E-state index in [-0.39, 0.29) is 5.91 Å². The molecule has 1 N–H and O–H groups in total. The van der Waals surface area contributed by atoms with E-state index < -0.39 is 6.23 Å². The second kappa shape index (κ2) is 8.30. The summed E-state index contributed by atoms with van der Waals surface area (Å²) in [5, 5.41) is 11.0. The first kappa shape index (κ1) is 20.5. The van der Waals surface area contributed by atoms with E-state index in [1.54, 1.807) is 14.2 Å². The van der Waals surface area contributed by atoms with E-state index in [4.69, 9.17) is 9.47 Å². The van der Waals surface area contributed by atoms with Gasteiger partial charge in [-0.3, -0.25) is 9.69 Å². The average Bonchev–Trinajstić information content (AvgIpc) is 3.30. The number of carbonyl (C=O) groups excluding carboxylic acids is 1. The number of fused-ring (bicyclic) bond motifs is 2. The number of carbonyl (C=O) groups is 1. The Morgan fingerprint density at radius 2 is 1.69 bits per heavy atom. The van der Waals surface area contributed by atoms with E-state index in [2.05, 4.69) is 12.1 Å². The van der Waals surface area contributed by atoms with Gasteiger partial charge in [0.05, 0.1) is 14.2 Å². The van der Waals surface area contributed by atoms with Crippen molar-refractivity contribution in [3.05, 3.63) is 94.0 Å². The van der Waals surface area contributed by atoms with Gasteiger partial charge < -0.3 is 19.5 Å². The zero-order valence-corrected chi connectivity index (χ0v) is 18.2. The second-order valence-corrected chi connectivity index (χ2v) is 8.29. The molecule has 0 saturated heterocycles. The molecule has 5 rings (SSSR count). The van der Waals surface area contributed by atoms with Crippen LogP contribution in [0, 0.1) is 0 Å². The largest absolute Gasteiger partial charge is 0.493 e. The molecule has 0 aromatic heterocycles. The number of aliphatic hydroxyl groups excluding tert-OH is 1. The highest BCUT2D eigenvalue weighted by Gasteiger charge is 2.33. The van der Waals surface area contributed by atoms with Gasteiger partial charge >= 0.3 is 0 Å². The minimum absolute atomic E-state index is 0.0810. The standard InChI is InChI=1S/C26H26N2O4/c1-31-22-11-10-20-16-28(26(30)23(20)24(22)32-2)14-18-7-5-6-17(12-18)13-27-15-19-8-3-4-9-21(19)25(27)29/h3-12,26,30H,13-16H2,1-2H3. The highest BCUT2D eigenvalue weighted by atomic mass is 16.5. The van der Waals surface area contributed by atoms with Crippen LogP contribution in [-0.2, 0) is 26.2 Å². The van der Waals surface area contributed by atoms with Gasteiger partial charge in [-0.25, -0.2) is 0 Å². The van der Waals surface area contributed by atoms with Crippen LogP contribution >= 0.6 is 0 Å². The van der Waals surface area contributed by atoms with E-state index >= 15 is 0 Å². The lowest BCUT2D eigenvalue weighted by molar-refractivity contribution is 0.00626. The molecule has 1 atom stereocenters. The Labute approximate surface area is 187 Å². The molecule has 0 saturated carbocycles. The second-order valence-electron chi connectivity index (χ2n) is 8.29. The number of hydrogen-bond donors (Lipinski definition) is 1. The molecule has 3 aromatic carbocycles. The van der Waals surface area contributed by atoms with Crippen LogP contribution in [0.4, 0.5) is 0 Å². The fraction of sp³-hybridized carbons (Fsp3) is 0.269. The number of ether oxygens (including phenoxy) is 2. The minimum atomic E-state index is -0.770. The third-order valence-electron chi connectivity index (χ3n) is 6.30. The predicted molar refractivity (Wildman–Crippen MR) is 120 cm³/mol. The quantitative estimate of drug-likeness (QED) is 0.643. The molecule has 0 aliphatic carbocycles. The third kappa shape index (κ3) is 3.51. The maximum Gasteiger partial charge on any atom is 0.254 e. The first-order chi connectivity index (χ1) is 15.6. The fourth-order valence-corrected chi connectivity index (χ4v) is 4.77. The number of amides is 1. The number of nitrogens with zero attached hydrogens (tertiary/aromatic N) is 2. The molecule has 0 radical (unpaired) electrons. The van der Waals surface area contributed by atoms with Crippen molar-refractivity contribution in [2.45, 2.75) is 32.4 Å². The maximum atomic E-state index is 12.7. The molecule has 6 heteroatoms. The predicted octanol–water partition coefficient (Wildman–Crippen LogP) is 3.87. The van der Waals surface area contributed by atoms with Crippen LogP contribution in [0.3, 0.4) is 0 Å². The summed E-state index contributed by atoms with van der Waals surface area (Å²) in [6.45, 7) is 2.42. The molecule has 0 bridgehead atoms. The summed E-state index contributed by atoms with van der Waals surface area (Å²) in [5.41, 5.74) is 5.84. The summed E-state index contributed by atoms with van der Waals surface area (Å²) in [7, 11) is 3.19. The lowest BCUT2D eigenvalue weighted by Gasteiger charge is -2.22. The van der Waals surface area contributed by atoms with Gasteiger partial charge in [0.1, 0.15) is 6.23 Å². The van der Waals surface area contributed by atoms with Gasteiger partial charge in [0.25, 0.3) is 5.91 Å². The Kier molecular flexibility index (Phi) is 5.33. The summed E-state index contributed by atoms with van der Waals surface area (Å²) >= 11 is 0. The molecule has 3 aromatic rings. The molecular weight excluding hydrogens is 404 g/mol. The third-order valence-corrected chi connectivity index (χ3v) is 6.30. The molecule has 1 unspecified atom stereocenters. The molecular formula is C26H26N2O4. The summed E-state index contributed by atoms with van der Waals surface area (Å²) in [4.78, 5) is 16.6. The van der Waals surface area contributed by atoms with Crippen LogP contribution in [0.2, 0.25) is 0 Å². The SMILES string of the molecule is COc1ccc2c(c1OC)C(O)N(Cc1cccc(CN3Cc4ccccc4C3=O)c1)C2. The van der Waals surface area contributed by atoms with Gasteiger partial charge in [0.2, 0.25) is 0 Å². The van der Waals surface area contributed by atoms with Gasteiger partial charge in [-0.15, -0.1) is 0 Å². The van der Waals surface area contributed by atoms with Crippen LogP contribution in [-0.4, -0.2) is 35.0 Å². The smallest absolute Gasteiger partial charge is 0.254 e. The van der Waals surface area contributed by atoms with Crippen molar-refractivity contribution in [1.82, 2.24) is 9.80 Å². The van der Waals surface area contributed by atoms with Gasteiger partial charge in [-0.1, -0.05) is 48.5 Å². The average molecular weight is 431 g/mol. The lowest BCUT2D eigenvalue weighted by atomic mass is 10.1. The van der Waals surface area contributed by atoms with Crippen LogP contribution in [0.25, 0.3) is 0 Å². The number of hydrogen-bond acceptors (Lipinski definition) is 5. The number of aliphatic hydroxyl groups is 1. The van der Waals surface area contributed by atoms with Crippen molar-refractivity contribution in [2.24, 2.45) is 0 Å². The van der Waals surface area contributed by atoms with Crippen molar-refractivity contribution >= 4 is 5.91 Å². The summed E-state index contributed by atoms with van der Waals surface area (Å²) < 4.78 is 10.9. The molecule has 6 nitrogen and oxygen atoms in total. The topological polar surface area (TPSA) is 62.2 Å². The Morgan fingerprint density at radius 3 is 2.44 bits per heavy atom. The van der Waals surface area contributed by atoms with Gasteiger partial charge in [0.15, 0.2) is 11.5 Å². The van der Waals surface area contributed by atoms with Crippen LogP contribution in [0.15, 0.2) is 60.7 Å². The highest BCUT2D eigenvalue weighted by Crippen LogP contribution is 2.43. The van der Waals surface area contributed by atoms with Crippen molar-refractivity contribution in [2.75, 3.05) is 14.2 Å². The Balaban J connectivity index is 1.31. The zero-order valence-electron chi connectivity index (χ0n) is 18.2. The Hall–Kier alpha value is -3.35. The van der Waals surface area contributed by atoms with E-state index in [1.165, 1.54) is 0 Å². The van der Waals surface area contributed by atoms with E-state index in [0.29, 0.717) is 37.7 Å². The molecule has 32 heavy (non-hydrogen) atoms. The molecule has 2 heterocycles. The lowest BCUT2D eigenvalue weighted by Crippen LogP contribution is -2.24.